The predicted octanol–water partition coefficient (Wildman–Crippen LogP) is 1.37. The van der Waals surface area contributed by atoms with Gasteiger partial charge in [0, 0.05) is 24.6 Å². The molecule has 0 bridgehead atoms. The Labute approximate surface area is 111 Å². The molecule has 0 atom stereocenters. The third-order valence-electron chi connectivity index (χ3n) is 3.22. The summed E-state index contributed by atoms with van der Waals surface area (Å²) in [5, 5.41) is 6.25. The highest BCUT2D eigenvalue weighted by Crippen LogP contribution is 2.23. The standard InChI is InChI=1S/C14H14N4O/c19-14(11-6-16-9-17-7-11)18-13-3-1-2-10-4-5-15-8-12(10)13/h1-3,6-7,9,15H,4-5,8H2,(H,18,19). The topological polar surface area (TPSA) is 66.9 Å². The molecule has 0 saturated carbocycles. The molecule has 1 aliphatic rings. The number of fused-ring (bicyclic) bond motifs is 1. The van der Waals surface area contributed by atoms with E-state index in [1.165, 1.54) is 29.8 Å². The Hall–Kier alpha value is -2.27. The Bertz CT molecular complexity index is 598. The monoisotopic (exact) mass is 254 g/mol. The van der Waals surface area contributed by atoms with Gasteiger partial charge in [-0.05, 0) is 30.2 Å². The van der Waals surface area contributed by atoms with Crippen molar-refractivity contribution in [2.24, 2.45) is 0 Å². The Morgan fingerprint density at radius 1 is 1.26 bits per heavy atom. The molecule has 0 aliphatic carbocycles. The number of nitrogens with zero attached hydrogens (tertiary/aromatic N) is 2. The molecule has 0 radical (unpaired) electrons. The van der Waals surface area contributed by atoms with E-state index >= 15 is 0 Å². The zero-order valence-corrected chi connectivity index (χ0v) is 10.4. The van der Waals surface area contributed by atoms with Crippen LogP contribution in [-0.4, -0.2) is 22.4 Å². The van der Waals surface area contributed by atoms with Crippen molar-refractivity contribution in [2.75, 3.05) is 11.9 Å². The van der Waals surface area contributed by atoms with Gasteiger partial charge in [-0.2, -0.15) is 0 Å². The number of carbonyl (C=O) groups excluding carboxylic acids is 1. The van der Waals surface area contributed by atoms with Gasteiger partial charge in [0.25, 0.3) is 5.91 Å². The molecule has 0 fully saturated rings. The van der Waals surface area contributed by atoms with Crippen molar-refractivity contribution in [1.29, 1.82) is 0 Å². The molecule has 5 heteroatoms. The SMILES string of the molecule is O=C(Nc1cccc2c1CNCC2)c1cncnc1. The van der Waals surface area contributed by atoms with Crippen LogP contribution in [0.1, 0.15) is 21.5 Å². The van der Waals surface area contributed by atoms with Gasteiger partial charge < -0.3 is 10.6 Å². The number of nitrogens with one attached hydrogen (secondary N) is 2. The van der Waals surface area contributed by atoms with Gasteiger partial charge in [-0.3, -0.25) is 4.79 Å². The van der Waals surface area contributed by atoms with E-state index in [1.54, 1.807) is 0 Å². The lowest BCUT2D eigenvalue weighted by atomic mass is 9.99. The van der Waals surface area contributed by atoms with E-state index in [4.69, 9.17) is 0 Å². The Morgan fingerprint density at radius 3 is 2.95 bits per heavy atom. The van der Waals surface area contributed by atoms with E-state index < -0.39 is 0 Å². The summed E-state index contributed by atoms with van der Waals surface area (Å²) in [5.41, 5.74) is 3.78. The second kappa shape index (κ2) is 5.16. The highest BCUT2D eigenvalue weighted by atomic mass is 16.1. The summed E-state index contributed by atoms with van der Waals surface area (Å²) in [4.78, 5) is 19.8. The summed E-state index contributed by atoms with van der Waals surface area (Å²) in [6.07, 6.45) is 5.42. The van der Waals surface area contributed by atoms with E-state index in [0.29, 0.717) is 5.56 Å². The number of carbonyl (C=O) groups is 1. The maximum Gasteiger partial charge on any atom is 0.258 e. The molecule has 1 aromatic heterocycles. The number of hydrogen-bond acceptors (Lipinski definition) is 4. The molecule has 2 aromatic rings. The largest absolute Gasteiger partial charge is 0.322 e. The van der Waals surface area contributed by atoms with Crippen LogP contribution in [0.4, 0.5) is 5.69 Å². The van der Waals surface area contributed by atoms with Gasteiger partial charge >= 0.3 is 0 Å². The Morgan fingerprint density at radius 2 is 2.11 bits per heavy atom. The van der Waals surface area contributed by atoms with Crippen LogP contribution in [0.2, 0.25) is 0 Å². The molecule has 19 heavy (non-hydrogen) atoms. The van der Waals surface area contributed by atoms with Crippen molar-refractivity contribution in [2.45, 2.75) is 13.0 Å². The van der Waals surface area contributed by atoms with Gasteiger partial charge in [0.15, 0.2) is 0 Å². The molecule has 0 saturated heterocycles. The van der Waals surface area contributed by atoms with Crippen molar-refractivity contribution in [3.05, 3.63) is 53.6 Å². The van der Waals surface area contributed by atoms with Crippen molar-refractivity contribution < 1.29 is 4.79 Å². The average Bonchev–Trinajstić information content (AvgIpc) is 2.48. The number of aromatic nitrogens is 2. The lowest BCUT2D eigenvalue weighted by Crippen LogP contribution is -2.25. The third-order valence-corrected chi connectivity index (χ3v) is 3.22. The quantitative estimate of drug-likeness (QED) is 0.849. The molecular formula is C14H14N4O. The van der Waals surface area contributed by atoms with Crippen LogP contribution in [0.15, 0.2) is 36.9 Å². The van der Waals surface area contributed by atoms with E-state index in [1.807, 2.05) is 12.1 Å². The summed E-state index contributed by atoms with van der Waals surface area (Å²) in [7, 11) is 0. The zero-order valence-electron chi connectivity index (χ0n) is 10.4. The number of benzene rings is 1. The summed E-state index contributed by atoms with van der Waals surface area (Å²) < 4.78 is 0. The Kier molecular flexibility index (Phi) is 3.20. The molecule has 3 rings (SSSR count). The molecule has 1 aromatic carbocycles. The first-order valence-corrected chi connectivity index (χ1v) is 6.22. The number of hydrogen-bond donors (Lipinski definition) is 2. The van der Waals surface area contributed by atoms with Gasteiger partial charge in [0.05, 0.1) is 5.56 Å². The second-order valence-corrected chi connectivity index (χ2v) is 4.45. The molecule has 0 spiro atoms. The summed E-state index contributed by atoms with van der Waals surface area (Å²) in [6, 6.07) is 6.01. The van der Waals surface area contributed by atoms with Crippen LogP contribution in [0.5, 0.6) is 0 Å². The van der Waals surface area contributed by atoms with Crippen LogP contribution in [0, 0.1) is 0 Å². The predicted molar refractivity (Wildman–Crippen MR) is 71.8 cm³/mol. The van der Waals surface area contributed by atoms with Crippen LogP contribution in [-0.2, 0) is 13.0 Å². The first-order valence-electron chi connectivity index (χ1n) is 6.22. The number of amides is 1. The molecule has 1 amide bonds. The molecule has 96 valence electrons. The molecule has 1 aliphatic heterocycles. The summed E-state index contributed by atoms with van der Waals surface area (Å²) in [6.45, 7) is 1.77. The fourth-order valence-electron chi connectivity index (χ4n) is 2.24. The van der Waals surface area contributed by atoms with E-state index in [0.717, 1.165) is 25.2 Å². The fraction of sp³-hybridized carbons (Fsp3) is 0.214. The molecule has 0 unspecified atom stereocenters. The summed E-state index contributed by atoms with van der Waals surface area (Å²) in [5.74, 6) is -0.181. The van der Waals surface area contributed by atoms with Crippen LogP contribution >= 0.6 is 0 Å². The first kappa shape index (κ1) is 11.8. The molecule has 2 heterocycles. The van der Waals surface area contributed by atoms with Crippen LogP contribution in [0.25, 0.3) is 0 Å². The maximum atomic E-state index is 12.1. The average molecular weight is 254 g/mol. The van der Waals surface area contributed by atoms with Crippen molar-refractivity contribution in [3.63, 3.8) is 0 Å². The van der Waals surface area contributed by atoms with Gasteiger partial charge in [0.1, 0.15) is 6.33 Å². The minimum Gasteiger partial charge on any atom is -0.322 e. The number of rotatable bonds is 2. The normalized spacial score (nSPS) is 13.7. The fourth-order valence-corrected chi connectivity index (χ4v) is 2.24. The zero-order chi connectivity index (χ0) is 13.1. The highest BCUT2D eigenvalue weighted by molar-refractivity contribution is 6.04. The summed E-state index contributed by atoms with van der Waals surface area (Å²) >= 11 is 0. The van der Waals surface area contributed by atoms with Gasteiger partial charge in [-0.25, -0.2) is 9.97 Å². The lowest BCUT2D eigenvalue weighted by molar-refractivity contribution is 0.102. The smallest absolute Gasteiger partial charge is 0.258 e. The van der Waals surface area contributed by atoms with Gasteiger partial charge in [-0.15, -0.1) is 0 Å². The third kappa shape index (κ3) is 2.46. The van der Waals surface area contributed by atoms with Crippen LogP contribution in [0.3, 0.4) is 0 Å². The van der Waals surface area contributed by atoms with Crippen molar-refractivity contribution >= 4 is 11.6 Å². The van der Waals surface area contributed by atoms with Crippen molar-refractivity contribution in [3.8, 4) is 0 Å². The lowest BCUT2D eigenvalue weighted by Gasteiger charge is -2.20. The van der Waals surface area contributed by atoms with Crippen LogP contribution < -0.4 is 10.6 Å². The Balaban J connectivity index is 1.86. The highest BCUT2D eigenvalue weighted by Gasteiger charge is 2.14. The molecule has 5 nitrogen and oxygen atoms in total. The second-order valence-electron chi connectivity index (χ2n) is 4.45. The maximum absolute atomic E-state index is 12.1. The van der Waals surface area contributed by atoms with Gasteiger partial charge in [-0.1, -0.05) is 12.1 Å². The van der Waals surface area contributed by atoms with Crippen molar-refractivity contribution in [1.82, 2.24) is 15.3 Å². The molecule has 2 N–H and O–H groups in total. The van der Waals surface area contributed by atoms with Gasteiger partial charge in [0.2, 0.25) is 0 Å². The van der Waals surface area contributed by atoms with E-state index in [9.17, 15) is 4.79 Å². The minimum absolute atomic E-state index is 0.181. The molecular weight excluding hydrogens is 240 g/mol. The first-order chi connectivity index (χ1) is 9.34. The van der Waals surface area contributed by atoms with E-state index in [-0.39, 0.29) is 5.91 Å². The van der Waals surface area contributed by atoms with E-state index in [2.05, 4.69) is 26.7 Å². The minimum atomic E-state index is -0.181. The number of anilines is 1.